The first kappa shape index (κ1) is 16.2. The van der Waals surface area contributed by atoms with Crippen molar-refractivity contribution in [2.24, 2.45) is 0 Å². The standard InChI is InChI=1S/C15H27N3O3/c1-2-3-4-5-8-17-9-6-15(7-10-17)13(20)18(11-12-19)14(21)16-15/h19H,2-12H2,1H3,(H,16,21). The molecule has 120 valence electrons. The number of carbonyl (C=O) groups excluding carboxylic acids is 2. The van der Waals surface area contributed by atoms with Gasteiger partial charge in [-0.05, 0) is 25.8 Å². The summed E-state index contributed by atoms with van der Waals surface area (Å²) in [7, 11) is 0. The number of aliphatic hydroxyl groups is 1. The average Bonchev–Trinajstić information content (AvgIpc) is 2.71. The molecule has 2 N–H and O–H groups in total. The molecule has 0 aliphatic carbocycles. The summed E-state index contributed by atoms with van der Waals surface area (Å²) >= 11 is 0. The van der Waals surface area contributed by atoms with Crippen LogP contribution in [0.2, 0.25) is 0 Å². The molecule has 2 heterocycles. The van der Waals surface area contributed by atoms with E-state index in [9.17, 15) is 9.59 Å². The summed E-state index contributed by atoms with van der Waals surface area (Å²) in [4.78, 5) is 27.8. The summed E-state index contributed by atoms with van der Waals surface area (Å²) in [5.74, 6) is -0.160. The number of β-amino-alcohol motifs (C(OH)–C–C–N with tert-alkyl or cyclic N) is 1. The molecule has 3 amide bonds. The SMILES string of the molecule is CCCCCCN1CCC2(CC1)NC(=O)N(CCO)C2=O. The molecule has 0 unspecified atom stereocenters. The van der Waals surface area contributed by atoms with Crippen molar-refractivity contribution in [3.8, 4) is 0 Å². The van der Waals surface area contributed by atoms with Gasteiger partial charge in [0.25, 0.3) is 5.91 Å². The fraction of sp³-hybridized carbons (Fsp3) is 0.867. The highest BCUT2D eigenvalue weighted by molar-refractivity contribution is 6.07. The van der Waals surface area contributed by atoms with Gasteiger partial charge >= 0.3 is 6.03 Å². The molecule has 2 fully saturated rings. The van der Waals surface area contributed by atoms with Gasteiger partial charge in [-0.15, -0.1) is 0 Å². The van der Waals surface area contributed by atoms with Crippen LogP contribution in [0.15, 0.2) is 0 Å². The third kappa shape index (κ3) is 3.55. The lowest BCUT2D eigenvalue weighted by molar-refractivity contribution is -0.133. The molecule has 2 saturated heterocycles. The monoisotopic (exact) mass is 297 g/mol. The Hall–Kier alpha value is -1.14. The van der Waals surface area contributed by atoms with Crippen LogP contribution in [0.1, 0.15) is 45.4 Å². The third-order valence-electron chi connectivity index (χ3n) is 4.61. The van der Waals surface area contributed by atoms with Gasteiger partial charge in [0.05, 0.1) is 13.2 Å². The number of hydrogen-bond donors (Lipinski definition) is 2. The number of urea groups is 1. The van der Waals surface area contributed by atoms with E-state index < -0.39 is 5.54 Å². The van der Waals surface area contributed by atoms with Crippen molar-refractivity contribution in [1.29, 1.82) is 0 Å². The lowest BCUT2D eigenvalue weighted by atomic mass is 9.87. The number of hydrogen-bond acceptors (Lipinski definition) is 4. The molecule has 1 spiro atoms. The summed E-state index contributed by atoms with van der Waals surface area (Å²) in [6, 6.07) is -0.356. The molecule has 0 radical (unpaired) electrons. The summed E-state index contributed by atoms with van der Waals surface area (Å²) in [6.07, 6.45) is 6.34. The van der Waals surface area contributed by atoms with E-state index in [2.05, 4.69) is 17.1 Å². The zero-order chi connectivity index (χ0) is 15.3. The first-order valence-electron chi connectivity index (χ1n) is 8.10. The number of unbranched alkanes of at least 4 members (excludes halogenated alkanes) is 3. The van der Waals surface area contributed by atoms with Crippen molar-refractivity contribution in [2.75, 3.05) is 32.8 Å². The highest BCUT2D eigenvalue weighted by Gasteiger charge is 2.51. The van der Waals surface area contributed by atoms with Crippen LogP contribution in [0, 0.1) is 0 Å². The van der Waals surface area contributed by atoms with Gasteiger partial charge < -0.3 is 15.3 Å². The van der Waals surface area contributed by atoms with E-state index in [0.717, 1.165) is 24.5 Å². The van der Waals surface area contributed by atoms with Gasteiger partial charge in [0.15, 0.2) is 0 Å². The number of aliphatic hydroxyl groups excluding tert-OH is 1. The molecule has 0 saturated carbocycles. The zero-order valence-electron chi connectivity index (χ0n) is 12.9. The number of imide groups is 1. The predicted molar refractivity (Wildman–Crippen MR) is 79.9 cm³/mol. The van der Waals surface area contributed by atoms with Gasteiger partial charge in [-0.25, -0.2) is 4.79 Å². The Morgan fingerprint density at radius 2 is 1.86 bits per heavy atom. The van der Waals surface area contributed by atoms with Crippen LogP contribution in [-0.2, 0) is 4.79 Å². The van der Waals surface area contributed by atoms with Gasteiger partial charge in [-0.1, -0.05) is 26.2 Å². The van der Waals surface area contributed by atoms with Gasteiger partial charge in [-0.2, -0.15) is 0 Å². The molecule has 0 aromatic heterocycles. The van der Waals surface area contributed by atoms with E-state index in [1.54, 1.807) is 0 Å². The van der Waals surface area contributed by atoms with E-state index in [4.69, 9.17) is 5.11 Å². The summed E-state index contributed by atoms with van der Waals surface area (Å²) < 4.78 is 0. The Morgan fingerprint density at radius 1 is 1.14 bits per heavy atom. The average molecular weight is 297 g/mol. The van der Waals surface area contributed by atoms with Crippen molar-refractivity contribution >= 4 is 11.9 Å². The highest BCUT2D eigenvalue weighted by atomic mass is 16.3. The van der Waals surface area contributed by atoms with Crippen molar-refractivity contribution < 1.29 is 14.7 Å². The van der Waals surface area contributed by atoms with Crippen LogP contribution in [0.4, 0.5) is 4.79 Å². The smallest absolute Gasteiger partial charge is 0.325 e. The molecule has 6 nitrogen and oxygen atoms in total. The molecule has 2 aliphatic heterocycles. The quantitative estimate of drug-likeness (QED) is 0.542. The first-order valence-corrected chi connectivity index (χ1v) is 8.10. The fourth-order valence-corrected chi connectivity index (χ4v) is 3.24. The number of likely N-dealkylation sites (tertiary alicyclic amines) is 1. The maximum absolute atomic E-state index is 12.4. The lowest BCUT2D eigenvalue weighted by Gasteiger charge is -2.37. The normalized spacial score (nSPS) is 22.1. The third-order valence-corrected chi connectivity index (χ3v) is 4.61. The molecule has 0 aromatic carbocycles. The Kier molecular flexibility index (Phi) is 5.58. The molecule has 0 bridgehead atoms. The number of nitrogens with zero attached hydrogens (tertiary/aromatic N) is 2. The van der Waals surface area contributed by atoms with Gasteiger partial charge in [0.2, 0.25) is 0 Å². The molecule has 2 rings (SSSR count). The second-order valence-electron chi connectivity index (χ2n) is 6.09. The number of amides is 3. The number of nitrogens with one attached hydrogen (secondary N) is 1. The van der Waals surface area contributed by atoms with E-state index in [0.29, 0.717) is 12.8 Å². The number of carbonyl (C=O) groups is 2. The van der Waals surface area contributed by atoms with Crippen LogP contribution in [0.3, 0.4) is 0 Å². The molecule has 21 heavy (non-hydrogen) atoms. The zero-order valence-corrected chi connectivity index (χ0v) is 12.9. The topological polar surface area (TPSA) is 72.9 Å². The Labute approximate surface area is 126 Å². The molecule has 0 atom stereocenters. The second-order valence-corrected chi connectivity index (χ2v) is 6.09. The van der Waals surface area contributed by atoms with E-state index >= 15 is 0 Å². The minimum Gasteiger partial charge on any atom is -0.395 e. The molecule has 6 heteroatoms. The van der Waals surface area contributed by atoms with E-state index in [1.165, 1.54) is 25.7 Å². The highest BCUT2D eigenvalue weighted by Crippen LogP contribution is 2.29. The van der Waals surface area contributed by atoms with Crippen LogP contribution in [0.5, 0.6) is 0 Å². The van der Waals surface area contributed by atoms with Crippen molar-refractivity contribution in [1.82, 2.24) is 15.1 Å². The molecular formula is C15H27N3O3. The largest absolute Gasteiger partial charge is 0.395 e. The Morgan fingerprint density at radius 3 is 2.48 bits per heavy atom. The molecule has 2 aliphatic rings. The van der Waals surface area contributed by atoms with Crippen molar-refractivity contribution in [3.63, 3.8) is 0 Å². The number of piperidine rings is 1. The molecule has 0 aromatic rings. The van der Waals surface area contributed by atoms with Crippen LogP contribution in [-0.4, -0.2) is 65.2 Å². The summed E-state index contributed by atoms with van der Waals surface area (Å²) in [5, 5.41) is 11.8. The van der Waals surface area contributed by atoms with Crippen LogP contribution in [0.25, 0.3) is 0 Å². The summed E-state index contributed by atoms with van der Waals surface area (Å²) in [5.41, 5.74) is -0.716. The fourth-order valence-electron chi connectivity index (χ4n) is 3.24. The van der Waals surface area contributed by atoms with E-state index in [1.807, 2.05) is 0 Å². The maximum atomic E-state index is 12.4. The predicted octanol–water partition coefficient (Wildman–Crippen LogP) is 0.945. The minimum atomic E-state index is -0.716. The minimum absolute atomic E-state index is 0.0904. The van der Waals surface area contributed by atoms with Crippen LogP contribution >= 0.6 is 0 Å². The first-order chi connectivity index (χ1) is 10.1. The van der Waals surface area contributed by atoms with Crippen molar-refractivity contribution in [3.05, 3.63) is 0 Å². The van der Waals surface area contributed by atoms with Crippen molar-refractivity contribution in [2.45, 2.75) is 51.0 Å². The van der Waals surface area contributed by atoms with Crippen LogP contribution < -0.4 is 5.32 Å². The van der Waals surface area contributed by atoms with Gasteiger partial charge in [0, 0.05) is 13.1 Å². The van der Waals surface area contributed by atoms with E-state index in [-0.39, 0.29) is 25.1 Å². The maximum Gasteiger partial charge on any atom is 0.325 e. The Bertz CT molecular complexity index is 378. The van der Waals surface area contributed by atoms with Gasteiger partial charge in [0.1, 0.15) is 5.54 Å². The van der Waals surface area contributed by atoms with Gasteiger partial charge in [-0.3, -0.25) is 9.69 Å². The second kappa shape index (κ2) is 7.22. The molecular weight excluding hydrogens is 270 g/mol. The Balaban J connectivity index is 1.83. The number of rotatable bonds is 7. The lowest BCUT2D eigenvalue weighted by Crippen LogP contribution is -2.55. The summed E-state index contributed by atoms with van der Waals surface area (Å²) in [6.45, 7) is 4.90.